The summed E-state index contributed by atoms with van der Waals surface area (Å²) in [5.74, 6) is -1.77. The molecule has 1 aromatic carbocycles. The molecule has 1 aliphatic rings. The van der Waals surface area contributed by atoms with E-state index in [4.69, 9.17) is 5.11 Å². The van der Waals surface area contributed by atoms with Gasteiger partial charge >= 0.3 is 5.97 Å². The molecule has 0 atom stereocenters. The van der Waals surface area contributed by atoms with Crippen LogP contribution >= 0.6 is 0 Å². The normalized spacial score (nSPS) is 14.3. The Morgan fingerprint density at radius 3 is 2.61 bits per heavy atom. The van der Waals surface area contributed by atoms with Crippen molar-refractivity contribution in [2.75, 3.05) is 6.54 Å². The lowest BCUT2D eigenvalue weighted by Gasteiger charge is -2.21. The van der Waals surface area contributed by atoms with E-state index in [1.54, 1.807) is 6.92 Å². The van der Waals surface area contributed by atoms with Crippen LogP contribution in [0.25, 0.3) is 0 Å². The molecule has 0 bridgehead atoms. The molecule has 1 aromatic rings. The molecule has 0 unspecified atom stereocenters. The summed E-state index contributed by atoms with van der Waals surface area (Å²) in [4.78, 5) is 24.3. The Kier molecular flexibility index (Phi) is 3.32. The molecule has 0 saturated heterocycles. The molecule has 0 aliphatic heterocycles. The van der Waals surface area contributed by atoms with Crippen LogP contribution in [0, 0.1) is 12.7 Å². The van der Waals surface area contributed by atoms with Crippen molar-refractivity contribution in [3.05, 3.63) is 35.1 Å². The molecule has 18 heavy (non-hydrogen) atoms. The van der Waals surface area contributed by atoms with E-state index in [9.17, 15) is 14.0 Å². The fourth-order valence-electron chi connectivity index (χ4n) is 1.92. The molecule has 1 saturated carbocycles. The number of carbonyl (C=O) groups is 2. The van der Waals surface area contributed by atoms with Crippen molar-refractivity contribution < 1.29 is 19.1 Å². The number of hydrogen-bond donors (Lipinski definition) is 1. The van der Waals surface area contributed by atoms with Crippen LogP contribution in [-0.2, 0) is 4.79 Å². The average Bonchev–Trinajstić information content (AvgIpc) is 3.08. The zero-order valence-electron chi connectivity index (χ0n) is 10.0. The molecule has 0 radical (unpaired) electrons. The fraction of sp³-hybridized carbons (Fsp3) is 0.385. The topological polar surface area (TPSA) is 57.6 Å². The molecule has 1 amide bonds. The number of benzene rings is 1. The molecular formula is C13H14FNO3. The standard InChI is InChI=1S/C13H14FNO3/c1-8-6-9(14)2-5-11(8)13(18)15(7-12(16)17)10-3-4-10/h2,5-6,10H,3-4,7H2,1H3,(H,16,17). The Labute approximate surface area is 104 Å². The average molecular weight is 251 g/mol. The summed E-state index contributed by atoms with van der Waals surface area (Å²) in [5, 5.41) is 8.82. The van der Waals surface area contributed by atoms with Crippen molar-refractivity contribution in [2.45, 2.75) is 25.8 Å². The minimum Gasteiger partial charge on any atom is -0.480 e. The van der Waals surface area contributed by atoms with Crippen LogP contribution in [0.15, 0.2) is 18.2 Å². The first-order chi connectivity index (χ1) is 8.49. The number of carboxylic acid groups (broad SMARTS) is 1. The van der Waals surface area contributed by atoms with Crippen LogP contribution in [0.2, 0.25) is 0 Å². The third-order valence-corrected chi connectivity index (χ3v) is 2.97. The first-order valence-electron chi connectivity index (χ1n) is 5.78. The second-order valence-corrected chi connectivity index (χ2v) is 4.52. The van der Waals surface area contributed by atoms with Gasteiger partial charge in [0.25, 0.3) is 5.91 Å². The van der Waals surface area contributed by atoms with Crippen molar-refractivity contribution in [3.8, 4) is 0 Å². The first-order valence-corrected chi connectivity index (χ1v) is 5.78. The summed E-state index contributed by atoms with van der Waals surface area (Å²) in [6.07, 6.45) is 1.67. The summed E-state index contributed by atoms with van der Waals surface area (Å²) in [5.41, 5.74) is 0.889. The zero-order chi connectivity index (χ0) is 13.3. The predicted molar refractivity (Wildman–Crippen MR) is 62.8 cm³/mol. The van der Waals surface area contributed by atoms with Gasteiger partial charge in [-0.25, -0.2) is 4.39 Å². The number of aryl methyl sites for hydroxylation is 1. The Morgan fingerprint density at radius 2 is 2.11 bits per heavy atom. The number of carbonyl (C=O) groups excluding carboxylic acids is 1. The van der Waals surface area contributed by atoms with Crippen molar-refractivity contribution >= 4 is 11.9 Å². The first kappa shape index (κ1) is 12.5. The number of hydrogen-bond acceptors (Lipinski definition) is 2. The molecule has 1 fully saturated rings. The summed E-state index contributed by atoms with van der Waals surface area (Å²) >= 11 is 0. The number of rotatable bonds is 4. The van der Waals surface area contributed by atoms with Crippen LogP contribution in [0.4, 0.5) is 4.39 Å². The van der Waals surface area contributed by atoms with E-state index in [2.05, 4.69) is 0 Å². The van der Waals surface area contributed by atoms with Gasteiger partial charge < -0.3 is 10.0 Å². The van der Waals surface area contributed by atoms with Crippen LogP contribution < -0.4 is 0 Å². The van der Waals surface area contributed by atoms with Gasteiger partial charge in [0.1, 0.15) is 12.4 Å². The lowest BCUT2D eigenvalue weighted by atomic mass is 10.1. The fourth-order valence-corrected chi connectivity index (χ4v) is 1.92. The number of aliphatic carboxylic acids is 1. The number of carboxylic acids is 1. The molecule has 5 heteroatoms. The van der Waals surface area contributed by atoms with E-state index in [1.807, 2.05) is 0 Å². The van der Waals surface area contributed by atoms with Gasteiger partial charge in [0.2, 0.25) is 0 Å². The van der Waals surface area contributed by atoms with Gasteiger partial charge in [-0.3, -0.25) is 9.59 Å². The second kappa shape index (κ2) is 4.76. The Morgan fingerprint density at radius 1 is 1.44 bits per heavy atom. The van der Waals surface area contributed by atoms with Crippen LogP contribution in [0.1, 0.15) is 28.8 Å². The van der Waals surface area contributed by atoms with Gasteiger partial charge in [-0.15, -0.1) is 0 Å². The Hall–Kier alpha value is -1.91. The van der Waals surface area contributed by atoms with Crippen LogP contribution in [-0.4, -0.2) is 34.5 Å². The lowest BCUT2D eigenvalue weighted by Crippen LogP contribution is -2.37. The summed E-state index contributed by atoms with van der Waals surface area (Å²) in [7, 11) is 0. The Balaban J connectivity index is 2.24. The monoisotopic (exact) mass is 251 g/mol. The lowest BCUT2D eigenvalue weighted by molar-refractivity contribution is -0.137. The van der Waals surface area contributed by atoms with Gasteiger partial charge in [0, 0.05) is 11.6 Å². The highest BCUT2D eigenvalue weighted by molar-refractivity contribution is 5.97. The third kappa shape index (κ3) is 2.67. The minimum absolute atomic E-state index is 0.0121. The van der Waals surface area contributed by atoms with E-state index in [0.29, 0.717) is 11.1 Å². The van der Waals surface area contributed by atoms with E-state index in [0.717, 1.165) is 12.8 Å². The zero-order valence-corrected chi connectivity index (χ0v) is 10.0. The maximum absolute atomic E-state index is 13.0. The van der Waals surface area contributed by atoms with E-state index >= 15 is 0 Å². The molecule has 1 aliphatic carbocycles. The van der Waals surface area contributed by atoms with Gasteiger partial charge in [-0.2, -0.15) is 0 Å². The van der Waals surface area contributed by atoms with Gasteiger partial charge in [-0.1, -0.05) is 0 Å². The van der Waals surface area contributed by atoms with E-state index in [-0.39, 0.29) is 18.5 Å². The van der Waals surface area contributed by atoms with Gasteiger partial charge in [0.15, 0.2) is 0 Å². The molecular weight excluding hydrogens is 237 g/mol. The summed E-state index contributed by atoms with van der Waals surface area (Å²) in [6, 6.07) is 3.91. The van der Waals surface area contributed by atoms with Crippen molar-refractivity contribution in [2.24, 2.45) is 0 Å². The maximum Gasteiger partial charge on any atom is 0.323 e. The van der Waals surface area contributed by atoms with E-state index in [1.165, 1.54) is 23.1 Å². The maximum atomic E-state index is 13.0. The summed E-state index contributed by atoms with van der Waals surface area (Å²) < 4.78 is 13.0. The van der Waals surface area contributed by atoms with Gasteiger partial charge in [-0.05, 0) is 43.5 Å². The van der Waals surface area contributed by atoms with Crippen LogP contribution in [0.5, 0.6) is 0 Å². The molecule has 4 nitrogen and oxygen atoms in total. The molecule has 0 heterocycles. The molecule has 1 N–H and O–H groups in total. The molecule has 0 aromatic heterocycles. The highest BCUT2D eigenvalue weighted by Gasteiger charge is 2.34. The van der Waals surface area contributed by atoms with Crippen LogP contribution in [0.3, 0.4) is 0 Å². The Bertz CT molecular complexity index is 497. The van der Waals surface area contributed by atoms with Gasteiger partial charge in [0.05, 0.1) is 0 Å². The predicted octanol–water partition coefficient (Wildman–Crippen LogP) is 1.82. The third-order valence-electron chi connectivity index (χ3n) is 2.97. The molecule has 96 valence electrons. The van der Waals surface area contributed by atoms with Crippen molar-refractivity contribution in [1.82, 2.24) is 4.90 Å². The van der Waals surface area contributed by atoms with Crippen molar-refractivity contribution in [1.29, 1.82) is 0 Å². The second-order valence-electron chi connectivity index (χ2n) is 4.52. The quantitative estimate of drug-likeness (QED) is 0.888. The molecule has 2 rings (SSSR count). The minimum atomic E-state index is -1.03. The van der Waals surface area contributed by atoms with E-state index < -0.39 is 11.8 Å². The SMILES string of the molecule is Cc1cc(F)ccc1C(=O)N(CC(=O)O)C1CC1. The number of nitrogens with zero attached hydrogens (tertiary/aromatic N) is 1. The largest absolute Gasteiger partial charge is 0.480 e. The number of amides is 1. The highest BCUT2D eigenvalue weighted by Crippen LogP contribution is 2.28. The smallest absolute Gasteiger partial charge is 0.323 e. The summed E-state index contributed by atoms with van der Waals surface area (Å²) in [6.45, 7) is 1.34. The van der Waals surface area contributed by atoms with Crippen molar-refractivity contribution in [3.63, 3.8) is 0 Å². The molecule has 0 spiro atoms. The number of halogens is 1. The highest BCUT2D eigenvalue weighted by atomic mass is 19.1.